The highest BCUT2D eigenvalue weighted by Crippen LogP contribution is 2.02. The van der Waals surface area contributed by atoms with Crippen molar-refractivity contribution in [1.29, 1.82) is 0 Å². The van der Waals surface area contributed by atoms with Gasteiger partial charge in [-0.3, -0.25) is 5.43 Å². The van der Waals surface area contributed by atoms with Crippen molar-refractivity contribution in [3.63, 3.8) is 0 Å². The fourth-order valence-electron chi connectivity index (χ4n) is 1.21. The topological polar surface area (TPSA) is 83.0 Å². The molecule has 0 amide bonds. The number of rotatable bonds is 3. The summed E-state index contributed by atoms with van der Waals surface area (Å²) in [4.78, 5) is 14.7. The predicted molar refractivity (Wildman–Crippen MR) is 65.0 cm³/mol. The van der Waals surface area contributed by atoms with Gasteiger partial charge in [0.05, 0.1) is 6.21 Å². The van der Waals surface area contributed by atoms with Crippen molar-refractivity contribution in [2.75, 3.05) is 5.43 Å². The second-order valence-corrected chi connectivity index (χ2v) is 3.36. The fraction of sp³-hybridized carbons (Fsp3) is 0.0909. The SMILES string of the molecule is Cc1n[nH]c(=O)nc1N/N=C\c1ccccc1. The van der Waals surface area contributed by atoms with Crippen molar-refractivity contribution in [2.24, 2.45) is 5.10 Å². The molecule has 0 saturated heterocycles. The Morgan fingerprint density at radius 2 is 2.12 bits per heavy atom. The molecule has 17 heavy (non-hydrogen) atoms. The van der Waals surface area contributed by atoms with Gasteiger partial charge in [0, 0.05) is 0 Å². The van der Waals surface area contributed by atoms with Crippen LogP contribution >= 0.6 is 0 Å². The van der Waals surface area contributed by atoms with E-state index < -0.39 is 5.69 Å². The lowest BCUT2D eigenvalue weighted by molar-refractivity contribution is 0.879. The van der Waals surface area contributed by atoms with Gasteiger partial charge in [-0.15, -0.1) is 0 Å². The van der Waals surface area contributed by atoms with Crippen LogP contribution in [0.3, 0.4) is 0 Å². The first-order valence-electron chi connectivity index (χ1n) is 5.03. The van der Waals surface area contributed by atoms with Crippen molar-refractivity contribution >= 4 is 12.0 Å². The molecule has 0 atom stereocenters. The second kappa shape index (κ2) is 5.02. The summed E-state index contributed by atoms with van der Waals surface area (Å²) < 4.78 is 0. The van der Waals surface area contributed by atoms with Crippen LogP contribution in [0.1, 0.15) is 11.3 Å². The third kappa shape index (κ3) is 2.97. The van der Waals surface area contributed by atoms with Gasteiger partial charge < -0.3 is 0 Å². The monoisotopic (exact) mass is 229 g/mol. The van der Waals surface area contributed by atoms with E-state index in [-0.39, 0.29) is 0 Å². The summed E-state index contributed by atoms with van der Waals surface area (Å²) in [5.41, 5.74) is 3.70. The molecule has 1 aromatic carbocycles. The maximum absolute atomic E-state index is 11.0. The highest BCUT2D eigenvalue weighted by Gasteiger charge is 1.99. The minimum absolute atomic E-state index is 0.348. The molecule has 0 saturated carbocycles. The third-order valence-electron chi connectivity index (χ3n) is 2.06. The van der Waals surface area contributed by atoms with Crippen LogP contribution in [0.4, 0.5) is 5.82 Å². The number of aromatic amines is 1. The average molecular weight is 229 g/mol. The fourth-order valence-corrected chi connectivity index (χ4v) is 1.21. The summed E-state index contributed by atoms with van der Waals surface area (Å²) in [6.45, 7) is 1.73. The van der Waals surface area contributed by atoms with E-state index in [1.54, 1.807) is 13.1 Å². The number of anilines is 1. The van der Waals surface area contributed by atoms with E-state index >= 15 is 0 Å². The van der Waals surface area contributed by atoms with E-state index in [9.17, 15) is 4.79 Å². The number of hydrogen-bond acceptors (Lipinski definition) is 5. The van der Waals surface area contributed by atoms with Crippen molar-refractivity contribution in [3.05, 3.63) is 52.1 Å². The van der Waals surface area contributed by atoms with Gasteiger partial charge in [0.2, 0.25) is 0 Å². The van der Waals surface area contributed by atoms with Gasteiger partial charge in [-0.1, -0.05) is 30.3 Å². The van der Waals surface area contributed by atoms with Gasteiger partial charge >= 0.3 is 5.69 Å². The van der Waals surface area contributed by atoms with Gasteiger partial charge in [0.1, 0.15) is 5.69 Å². The summed E-state index contributed by atoms with van der Waals surface area (Å²) in [7, 11) is 0. The molecule has 0 bridgehead atoms. The Labute approximate surface area is 97.4 Å². The van der Waals surface area contributed by atoms with E-state index in [4.69, 9.17) is 0 Å². The van der Waals surface area contributed by atoms with Crippen LogP contribution in [-0.2, 0) is 0 Å². The largest absolute Gasteiger partial charge is 0.363 e. The molecular weight excluding hydrogens is 218 g/mol. The Hall–Kier alpha value is -2.50. The second-order valence-electron chi connectivity index (χ2n) is 3.36. The van der Waals surface area contributed by atoms with Crippen LogP contribution in [0.2, 0.25) is 0 Å². The van der Waals surface area contributed by atoms with Crippen molar-refractivity contribution in [2.45, 2.75) is 6.92 Å². The number of nitrogens with zero attached hydrogens (tertiary/aromatic N) is 3. The highest BCUT2D eigenvalue weighted by molar-refractivity contribution is 5.79. The minimum atomic E-state index is -0.506. The van der Waals surface area contributed by atoms with Crippen molar-refractivity contribution in [3.8, 4) is 0 Å². The minimum Gasteiger partial charge on any atom is -0.260 e. The Kier molecular flexibility index (Phi) is 3.25. The van der Waals surface area contributed by atoms with Gasteiger partial charge in [-0.2, -0.15) is 15.2 Å². The van der Waals surface area contributed by atoms with Gasteiger partial charge in [0.15, 0.2) is 5.82 Å². The number of hydrogen-bond donors (Lipinski definition) is 2. The highest BCUT2D eigenvalue weighted by atomic mass is 16.1. The molecule has 6 heteroatoms. The van der Waals surface area contributed by atoms with Gasteiger partial charge in [-0.25, -0.2) is 9.89 Å². The number of H-pyrrole nitrogens is 1. The number of hydrazone groups is 1. The van der Waals surface area contributed by atoms with Crippen LogP contribution < -0.4 is 11.1 Å². The first-order chi connectivity index (χ1) is 8.25. The average Bonchev–Trinajstić information content (AvgIpc) is 2.35. The maximum atomic E-state index is 11.0. The standard InChI is InChI=1S/C11H11N5O/c1-8-10(13-11(17)16-14-8)15-12-7-9-5-3-2-4-6-9/h2-7H,1H3,(H2,13,15,16,17)/b12-7-. The van der Waals surface area contributed by atoms with Crippen LogP contribution in [0.15, 0.2) is 40.2 Å². The molecule has 0 spiro atoms. The number of nitrogens with one attached hydrogen (secondary N) is 2. The first-order valence-corrected chi connectivity index (χ1v) is 5.03. The number of aryl methyl sites for hydroxylation is 1. The van der Waals surface area contributed by atoms with Gasteiger partial charge in [0.25, 0.3) is 0 Å². The number of benzene rings is 1. The number of aromatic nitrogens is 3. The summed E-state index contributed by atoms with van der Waals surface area (Å²) in [5, 5.41) is 9.99. The molecule has 0 aliphatic rings. The van der Waals surface area contributed by atoms with Crippen molar-refractivity contribution < 1.29 is 0 Å². The van der Waals surface area contributed by atoms with Gasteiger partial charge in [-0.05, 0) is 12.5 Å². The molecule has 0 unspecified atom stereocenters. The molecular formula is C11H11N5O. The van der Waals surface area contributed by atoms with E-state index in [2.05, 4.69) is 25.7 Å². The Balaban J connectivity index is 2.10. The lowest BCUT2D eigenvalue weighted by Crippen LogP contribution is -2.15. The van der Waals surface area contributed by atoms with E-state index in [1.807, 2.05) is 30.3 Å². The lowest BCUT2D eigenvalue weighted by Gasteiger charge is -2.00. The van der Waals surface area contributed by atoms with E-state index in [0.717, 1.165) is 5.56 Å². The normalized spacial score (nSPS) is 10.6. The molecule has 6 nitrogen and oxygen atoms in total. The molecule has 0 aliphatic heterocycles. The van der Waals surface area contributed by atoms with Crippen molar-refractivity contribution in [1.82, 2.24) is 15.2 Å². The molecule has 86 valence electrons. The Bertz CT molecular complexity index is 576. The van der Waals surface area contributed by atoms with Crippen LogP contribution in [-0.4, -0.2) is 21.4 Å². The Morgan fingerprint density at radius 3 is 2.88 bits per heavy atom. The third-order valence-corrected chi connectivity index (χ3v) is 2.06. The first kappa shape index (κ1) is 11.0. The molecule has 2 aromatic rings. The zero-order valence-electron chi connectivity index (χ0n) is 9.21. The molecule has 2 N–H and O–H groups in total. The quantitative estimate of drug-likeness (QED) is 0.605. The molecule has 0 radical (unpaired) electrons. The van der Waals surface area contributed by atoms with Crippen LogP contribution in [0.25, 0.3) is 0 Å². The lowest BCUT2D eigenvalue weighted by atomic mass is 10.2. The molecule has 2 rings (SSSR count). The zero-order chi connectivity index (χ0) is 12.1. The summed E-state index contributed by atoms with van der Waals surface area (Å²) in [5.74, 6) is 0.348. The summed E-state index contributed by atoms with van der Waals surface area (Å²) >= 11 is 0. The van der Waals surface area contributed by atoms with Crippen LogP contribution in [0, 0.1) is 6.92 Å². The smallest absolute Gasteiger partial charge is 0.260 e. The molecule has 1 aromatic heterocycles. The maximum Gasteiger partial charge on any atom is 0.363 e. The zero-order valence-corrected chi connectivity index (χ0v) is 9.21. The Morgan fingerprint density at radius 1 is 1.35 bits per heavy atom. The molecule has 0 aliphatic carbocycles. The summed E-state index contributed by atoms with van der Waals surface area (Å²) in [6.07, 6.45) is 1.64. The molecule has 0 fully saturated rings. The molecule has 1 heterocycles. The van der Waals surface area contributed by atoms with Crippen LogP contribution in [0.5, 0.6) is 0 Å². The summed E-state index contributed by atoms with van der Waals surface area (Å²) in [6, 6.07) is 9.60. The predicted octanol–water partition coefficient (Wildman–Crippen LogP) is 0.919. The van der Waals surface area contributed by atoms with E-state index in [1.165, 1.54) is 0 Å². The van der Waals surface area contributed by atoms with E-state index in [0.29, 0.717) is 11.5 Å².